The number of thiol groups is 1. The number of ether oxygens (including phenoxy) is 1. The van der Waals surface area contributed by atoms with Crippen LogP contribution < -0.4 is 11.0 Å². The molecule has 0 saturated carbocycles. The molecule has 6 heteroatoms. The van der Waals surface area contributed by atoms with Gasteiger partial charge in [-0.2, -0.15) is 0 Å². The Kier molecular flexibility index (Phi) is 4.83. The topological polar surface area (TPSA) is 60.3 Å². The number of nitrogens with one attached hydrogen (secondary N) is 1. The van der Waals surface area contributed by atoms with Gasteiger partial charge in [0.15, 0.2) is 6.04 Å². The molecule has 1 atom stereocenters. The number of hydrogen-bond acceptors (Lipinski definition) is 5. The predicted octanol–water partition coefficient (Wildman–Crippen LogP) is 1.58. The van der Waals surface area contributed by atoms with Crippen LogP contribution in [0.5, 0.6) is 0 Å². The summed E-state index contributed by atoms with van der Waals surface area (Å²) >= 11 is 4.06. The predicted molar refractivity (Wildman–Crippen MR) is 77.1 cm³/mol. The maximum atomic E-state index is 11.9. The maximum Gasteiger partial charge on any atom is 0.334 e. The second-order valence-electron chi connectivity index (χ2n) is 4.97. The summed E-state index contributed by atoms with van der Waals surface area (Å²) in [7, 11) is 0. The number of aromatic nitrogens is 1. The quantitative estimate of drug-likeness (QED) is 0.500. The van der Waals surface area contributed by atoms with Crippen molar-refractivity contribution in [1.29, 1.82) is 0 Å². The van der Waals surface area contributed by atoms with Crippen LogP contribution in [0.25, 0.3) is 0 Å². The van der Waals surface area contributed by atoms with Gasteiger partial charge >= 0.3 is 5.97 Å². The van der Waals surface area contributed by atoms with E-state index in [-0.39, 0.29) is 5.56 Å². The van der Waals surface area contributed by atoms with Gasteiger partial charge in [0, 0.05) is 17.2 Å². The van der Waals surface area contributed by atoms with E-state index in [1.54, 1.807) is 26.8 Å². The highest BCUT2D eigenvalue weighted by Gasteiger charge is 2.23. The van der Waals surface area contributed by atoms with Crippen molar-refractivity contribution in [3.05, 3.63) is 41.3 Å². The van der Waals surface area contributed by atoms with Gasteiger partial charge in [-0.25, -0.2) is 9.47 Å². The molecule has 0 fully saturated rings. The third-order valence-corrected chi connectivity index (χ3v) is 2.36. The van der Waals surface area contributed by atoms with Gasteiger partial charge in [-0.3, -0.25) is 4.79 Å². The average Bonchev–Trinajstić information content (AvgIpc) is 2.25. The molecular weight excluding hydrogens is 264 g/mol. The highest BCUT2D eigenvalue weighted by molar-refractivity contribution is 7.80. The van der Waals surface area contributed by atoms with Crippen LogP contribution in [0, 0.1) is 0 Å². The van der Waals surface area contributed by atoms with Crippen molar-refractivity contribution in [2.24, 2.45) is 0 Å². The average molecular weight is 282 g/mol. The van der Waals surface area contributed by atoms with Crippen LogP contribution in [-0.4, -0.2) is 22.3 Å². The summed E-state index contributed by atoms with van der Waals surface area (Å²) in [6, 6.07) is 2.17. The lowest BCUT2D eigenvalue weighted by Gasteiger charge is -2.23. The molecule has 1 heterocycles. The minimum atomic E-state index is -0.803. The molecule has 104 valence electrons. The molecule has 0 aromatic carbocycles. The van der Waals surface area contributed by atoms with Gasteiger partial charge in [-0.1, -0.05) is 6.08 Å². The fourth-order valence-corrected chi connectivity index (χ4v) is 1.47. The van der Waals surface area contributed by atoms with Crippen LogP contribution in [0.3, 0.4) is 0 Å². The van der Waals surface area contributed by atoms with E-state index in [2.05, 4.69) is 24.6 Å². The van der Waals surface area contributed by atoms with E-state index in [9.17, 15) is 9.59 Å². The summed E-state index contributed by atoms with van der Waals surface area (Å²) < 4.78 is 6.41. The van der Waals surface area contributed by atoms with Crippen LogP contribution >= 0.6 is 12.6 Å². The van der Waals surface area contributed by atoms with Crippen molar-refractivity contribution in [3.63, 3.8) is 0 Å². The van der Waals surface area contributed by atoms with Crippen LogP contribution in [0.4, 0.5) is 0 Å². The summed E-state index contributed by atoms with van der Waals surface area (Å²) in [4.78, 5) is 24.1. The molecule has 0 aliphatic heterocycles. The zero-order chi connectivity index (χ0) is 14.6. The Morgan fingerprint density at radius 3 is 2.68 bits per heavy atom. The Bertz CT molecular complexity index is 531. The number of carbonyl (C=O) groups excluding carboxylic acids is 1. The fourth-order valence-electron chi connectivity index (χ4n) is 1.29. The van der Waals surface area contributed by atoms with Gasteiger partial charge in [0.1, 0.15) is 5.60 Å². The molecule has 0 amide bonds. The van der Waals surface area contributed by atoms with E-state index in [1.165, 1.54) is 23.0 Å². The van der Waals surface area contributed by atoms with Gasteiger partial charge in [0.25, 0.3) is 5.56 Å². The lowest BCUT2D eigenvalue weighted by molar-refractivity contribution is -0.154. The number of pyridine rings is 1. The first-order chi connectivity index (χ1) is 8.73. The molecule has 0 aliphatic rings. The maximum absolute atomic E-state index is 11.9. The zero-order valence-corrected chi connectivity index (χ0v) is 12.1. The van der Waals surface area contributed by atoms with Gasteiger partial charge in [-0.15, -0.1) is 19.2 Å². The molecule has 0 spiro atoms. The molecule has 1 N–H and O–H groups in total. The second-order valence-corrected chi connectivity index (χ2v) is 5.49. The first-order valence-electron chi connectivity index (χ1n) is 5.76. The number of rotatable bonds is 4. The SMILES string of the molecule is C=CC(Nn1ccc(S)cc1=O)C(=O)OC(C)(C)C. The monoisotopic (exact) mass is 282 g/mol. The van der Waals surface area contributed by atoms with Crippen LogP contribution in [-0.2, 0) is 9.53 Å². The fraction of sp³-hybridized carbons (Fsp3) is 0.385. The smallest absolute Gasteiger partial charge is 0.334 e. The molecule has 0 saturated heterocycles. The minimum Gasteiger partial charge on any atom is -0.458 e. The number of esters is 1. The molecule has 1 aromatic heterocycles. The van der Waals surface area contributed by atoms with E-state index in [4.69, 9.17) is 4.74 Å². The van der Waals surface area contributed by atoms with E-state index in [0.717, 1.165) is 0 Å². The first-order valence-corrected chi connectivity index (χ1v) is 6.21. The van der Waals surface area contributed by atoms with E-state index >= 15 is 0 Å². The zero-order valence-electron chi connectivity index (χ0n) is 11.2. The van der Waals surface area contributed by atoms with E-state index in [0.29, 0.717) is 4.90 Å². The van der Waals surface area contributed by atoms with Crippen LogP contribution in [0.1, 0.15) is 20.8 Å². The van der Waals surface area contributed by atoms with Crippen molar-refractivity contribution in [2.75, 3.05) is 5.43 Å². The number of carbonyl (C=O) groups is 1. The number of nitrogens with zero attached hydrogens (tertiary/aromatic N) is 1. The van der Waals surface area contributed by atoms with Crippen molar-refractivity contribution in [2.45, 2.75) is 37.3 Å². The lowest BCUT2D eigenvalue weighted by atomic mass is 10.2. The molecule has 0 bridgehead atoms. The lowest BCUT2D eigenvalue weighted by Crippen LogP contribution is -2.42. The summed E-state index contributed by atoms with van der Waals surface area (Å²) in [5.41, 5.74) is 1.81. The van der Waals surface area contributed by atoms with Crippen molar-refractivity contribution < 1.29 is 9.53 Å². The van der Waals surface area contributed by atoms with E-state index in [1.807, 2.05) is 0 Å². The summed E-state index contributed by atoms with van der Waals surface area (Å²) in [6.45, 7) is 8.87. The van der Waals surface area contributed by atoms with Crippen molar-refractivity contribution >= 4 is 18.6 Å². The highest BCUT2D eigenvalue weighted by atomic mass is 32.1. The summed E-state index contributed by atoms with van der Waals surface area (Å²) in [6.07, 6.45) is 2.88. The molecular formula is C13H18N2O3S. The Hall–Kier alpha value is -1.69. The normalized spacial score (nSPS) is 12.6. The van der Waals surface area contributed by atoms with Crippen LogP contribution in [0.2, 0.25) is 0 Å². The molecule has 1 aromatic rings. The van der Waals surface area contributed by atoms with E-state index < -0.39 is 17.6 Å². The summed E-state index contributed by atoms with van der Waals surface area (Å²) in [5.74, 6) is -0.496. The molecule has 5 nitrogen and oxygen atoms in total. The molecule has 0 radical (unpaired) electrons. The molecule has 0 aliphatic carbocycles. The van der Waals surface area contributed by atoms with Gasteiger partial charge < -0.3 is 10.2 Å². The second kappa shape index (κ2) is 5.97. The van der Waals surface area contributed by atoms with Crippen molar-refractivity contribution in [3.8, 4) is 0 Å². The van der Waals surface area contributed by atoms with Gasteiger partial charge in [-0.05, 0) is 26.8 Å². The third-order valence-electron chi connectivity index (χ3n) is 2.08. The molecule has 19 heavy (non-hydrogen) atoms. The largest absolute Gasteiger partial charge is 0.458 e. The van der Waals surface area contributed by atoms with Crippen molar-refractivity contribution in [1.82, 2.24) is 4.68 Å². The highest BCUT2D eigenvalue weighted by Crippen LogP contribution is 2.09. The first kappa shape index (κ1) is 15.4. The Balaban J connectivity index is 2.85. The molecule has 1 unspecified atom stereocenters. The minimum absolute atomic E-state index is 0.317. The Labute approximate surface area is 117 Å². The third kappa shape index (κ3) is 4.82. The number of hydrogen-bond donors (Lipinski definition) is 2. The van der Waals surface area contributed by atoms with Gasteiger partial charge in [0.2, 0.25) is 0 Å². The van der Waals surface area contributed by atoms with Crippen LogP contribution in [0.15, 0.2) is 40.7 Å². The standard InChI is InChI=1S/C13H18N2O3S/c1-5-10(12(17)18-13(2,3)4)14-15-7-6-9(19)8-11(15)16/h5-8,10,14,19H,1H2,2-4H3. The Morgan fingerprint density at radius 1 is 1.58 bits per heavy atom. The van der Waals surface area contributed by atoms with Gasteiger partial charge in [0.05, 0.1) is 0 Å². The Morgan fingerprint density at radius 2 is 2.21 bits per heavy atom. The molecule has 1 rings (SSSR count). The summed E-state index contributed by atoms with van der Waals surface area (Å²) in [5, 5.41) is 0.